The summed E-state index contributed by atoms with van der Waals surface area (Å²) < 4.78 is 16.8. The van der Waals surface area contributed by atoms with Crippen LogP contribution in [0, 0.1) is 0 Å². The second-order valence-electron chi connectivity index (χ2n) is 21.6. The van der Waals surface area contributed by atoms with Crippen LogP contribution in [0.5, 0.6) is 0 Å². The number of rotatable bonds is 59. The summed E-state index contributed by atoms with van der Waals surface area (Å²) in [6.45, 7) is 6.34. The van der Waals surface area contributed by atoms with Gasteiger partial charge in [0.25, 0.3) is 0 Å². The molecule has 0 fully saturated rings. The molecule has 0 aliphatic rings. The number of ether oxygens (including phenoxy) is 3. The molecule has 0 aromatic heterocycles. The van der Waals surface area contributed by atoms with Crippen molar-refractivity contribution in [1.82, 2.24) is 0 Å². The van der Waals surface area contributed by atoms with Gasteiger partial charge >= 0.3 is 17.9 Å². The van der Waals surface area contributed by atoms with Gasteiger partial charge in [0.1, 0.15) is 13.2 Å². The maximum atomic E-state index is 12.9. The van der Waals surface area contributed by atoms with Crippen LogP contribution in [0.25, 0.3) is 0 Å². The lowest BCUT2D eigenvalue weighted by molar-refractivity contribution is -0.166. The van der Waals surface area contributed by atoms with E-state index in [1.165, 1.54) is 154 Å². The minimum atomic E-state index is -0.834. The number of esters is 3. The van der Waals surface area contributed by atoms with E-state index in [0.29, 0.717) is 19.3 Å². The monoisotopic (exact) mass is 1090 g/mol. The van der Waals surface area contributed by atoms with Crippen molar-refractivity contribution in [2.45, 2.75) is 309 Å². The van der Waals surface area contributed by atoms with Crippen LogP contribution in [0.3, 0.4) is 0 Å². The molecule has 1 atom stereocenters. The molecular formula is C73H122O6. The predicted molar refractivity (Wildman–Crippen MR) is 343 cm³/mol. The highest BCUT2D eigenvalue weighted by Gasteiger charge is 2.19. The summed E-state index contributed by atoms with van der Waals surface area (Å²) in [5, 5.41) is 0. The number of carbonyl (C=O) groups is 3. The van der Waals surface area contributed by atoms with E-state index in [0.717, 1.165) is 103 Å². The Hall–Kier alpha value is -4.19. The molecular weight excluding hydrogens is 973 g/mol. The molecule has 0 radical (unpaired) electrons. The molecule has 0 spiro atoms. The van der Waals surface area contributed by atoms with Gasteiger partial charge < -0.3 is 14.2 Å². The van der Waals surface area contributed by atoms with Crippen molar-refractivity contribution in [3.05, 3.63) is 122 Å². The van der Waals surface area contributed by atoms with Crippen LogP contribution in [0.2, 0.25) is 0 Å². The Morgan fingerprint density at radius 1 is 0.266 bits per heavy atom. The quantitative estimate of drug-likeness (QED) is 0.0261. The molecule has 79 heavy (non-hydrogen) atoms. The summed E-state index contributed by atoms with van der Waals surface area (Å²) in [6, 6.07) is 0. The minimum absolute atomic E-state index is 0.119. The third kappa shape index (κ3) is 64.5. The molecule has 6 nitrogen and oxygen atoms in total. The summed E-state index contributed by atoms with van der Waals surface area (Å²) in [5.41, 5.74) is 0. The summed E-state index contributed by atoms with van der Waals surface area (Å²) in [7, 11) is 0. The van der Waals surface area contributed by atoms with Crippen LogP contribution in [-0.2, 0) is 28.6 Å². The number of carbonyl (C=O) groups excluding carboxylic acids is 3. The highest BCUT2D eigenvalue weighted by Crippen LogP contribution is 2.16. The first-order valence-electron chi connectivity index (χ1n) is 33.0. The molecule has 0 N–H and O–H groups in total. The van der Waals surface area contributed by atoms with Crippen LogP contribution < -0.4 is 0 Å². The average Bonchev–Trinajstić information content (AvgIpc) is 3.45. The molecule has 0 bridgehead atoms. The lowest BCUT2D eigenvalue weighted by atomic mass is 10.0. The van der Waals surface area contributed by atoms with Crippen molar-refractivity contribution >= 4 is 17.9 Å². The Bertz CT molecular complexity index is 1640. The largest absolute Gasteiger partial charge is 0.462 e. The number of allylic oxidation sites excluding steroid dienone is 20. The standard InChI is InChI=1S/C73H122O6/c1-4-7-10-13-16-19-22-25-27-29-31-32-33-34-35-36-37-38-39-40-42-43-45-48-51-54-57-60-63-66-72(75)78-69-70(68-77-71(74)65-62-59-56-53-50-47-24-21-18-15-12-9-6-3)79-73(76)67-64-61-58-55-52-49-46-44-41-30-28-26-23-20-17-14-11-8-5-2/h8-9,11-12,17-18,20-21,26,28-29,31,41,44,47,49-50,52,58,61,70H,4-7,10,13-16,19,22-25,27,30,32-40,42-43,45-46,48,51,53-57,59-60,62-69H2,1-3H3/b11-8-,12-9-,20-17-,21-18-,28-26-,31-29-,44-41-,50-47-,52-49-,61-58-. The topological polar surface area (TPSA) is 78.9 Å². The molecule has 0 saturated heterocycles. The zero-order valence-corrected chi connectivity index (χ0v) is 51.6. The molecule has 0 saturated carbocycles. The Morgan fingerprint density at radius 3 is 0.848 bits per heavy atom. The molecule has 1 unspecified atom stereocenters. The lowest BCUT2D eigenvalue weighted by Crippen LogP contribution is -2.30. The van der Waals surface area contributed by atoms with Crippen LogP contribution in [-0.4, -0.2) is 37.2 Å². The molecule has 450 valence electrons. The maximum Gasteiger partial charge on any atom is 0.306 e. The van der Waals surface area contributed by atoms with Crippen molar-refractivity contribution in [3.8, 4) is 0 Å². The third-order valence-corrected chi connectivity index (χ3v) is 13.9. The van der Waals surface area contributed by atoms with Crippen molar-refractivity contribution < 1.29 is 28.6 Å². The van der Waals surface area contributed by atoms with Gasteiger partial charge in [-0.1, -0.05) is 290 Å². The first-order chi connectivity index (χ1) is 39.0. The first kappa shape index (κ1) is 74.8. The van der Waals surface area contributed by atoms with Crippen molar-refractivity contribution in [3.63, 3.8) is 0 Å². The van der Waals surface area contributed by atoms with Crippen molar-refractivity contribution in [2.75, 3.05) is 13.2 Å². The van der Waals surface area contributed by atoms with Gasteiger partial charge in [0.2, 0.25) is 0 Å². The van der Waals surface area contributed by atoms with E-state index in [1.807, 2.05) is 6.08 Å². The van der Waals surface area contributed by atoms with Gasteiger partial charge in [0, 0.05) is 19.3 Å². The van der Waals surface area contributed by atoms with E-state index in [1.54, 1.807) is 0 Å². The van der Waals surface area contributed by atoms with Crippen molar-refractivity contribution in [1.29, 1.82) is 0 Å². The molecule has 0 rings (SSSR count). The summed E-state index contributed by atoms with van der Waals surface area (Å²) >= 11 is 0. The summed E-state index contributed by atoms with van der Waals surface area (Å²) in [5.74, 6) is -1.03. The average molecular weight is 1100 g/mol. The summed E-state index contributed by atoms with van der Waals surface area (Å²) in [6.07, 6.45) is 92.5. The molecule has 0 aliphatic heterocycles. The number of unbranched alkanes of at least 4 members (excludes halogenated alkanes) is 28. The predicted octanol–water partition coefficient (Wildman–Crippen LogP) is 22.8. The van der Waals surface area contributed by atoms with Crippen molar-refractivity contribution in [2.24, 2.45) is 0 Å². The lowest BCUT2D eigenvalue weighted by Gasteiger charge is -2.18. The molecule has 0 amide bonds. The van der Waals surface area contributed by atoms with E-state index in [9.17, 15) is 14.4 Å². The Morgan fingerprint density at radius 2 is 0.519 bits per heavy atom. The van der Waals surface area contributed by atoms with Gasteiger partial charge in [-0.05, 0) is 116 Å². The SMILES string of the molecule is CC/C=C\C/C=C\C/C=C\C/C=C\C/C=C\C/C=C\CCC(=O)OC(COC(=O)CCCCC/C=C\C/C=C\C/C=C\CC)COC(=O)CCCCCCCCCCCCCCCCCCC/C=C\CCCCCCCCCC. The van der Waals surface area contributed by atoms with Gasteiger partial charge in [-0.2, -0.15) is 0 Å². The smallest absolute Gasteiger partial charge is 0.306 e. The van der Waals surface area contributed by atoms with Gasteiger partial charge in [-0.25, -0.2) is 0 Å². The van der Waals surface area contributed by atoms with Gasteiger partial charge in [-0.3, -0.25) is 14.4 Å². The summed E-state index contributed by atoms with van der Waals surface area (Å²) in [4.78, 5) is 38.2. The number of hydrogen-bond donors (Lipinski definition) is 0. The Kier molecular flexibility index (Phi) is 62.8. The van der Waals surface area contributed by atoms with E-state index in [2.05, 4.69) is 136 Å². The van der Waals surface area contributed by atoms with Gasteiger partial charge in [-0.15, -0.1) is 0 Å². The fourth-order valence-electron chi connectivity index (χ4n) is 9.07. The van der Waals surface area contributed by atoms with E-state index in [4.69, 9.17) is 14.2 Å². The highest BCUT2D eigenvalue weighted by atomic mass is 16.6. The highest BCUT2D eigenvalue weighted by molar-refractivity contribution is 5.71. The number of hydrogen-bond acceptors (Lipinski definition) is 6. The normalized spacial score (nSPS) is 12.9. The van der Waals surface area contributed by atoms with Crippen LogP contribution in [0.15, 0.2) is 122 Å². The van der Waals surface area contributed by atoms with E-state index < -0.39 is 12.1 Å². The third-order valence-electron chi connectivity index (χ3n) is 13.9. The van der Waals surface area contributed by atoms with Crippen LogP contribution in [0.4, 0.5) is 0 Å². The molecule has 6 heteroatoms. The maximum absolute atomic E-state index is 12.9. The fraction of sp³-hybridized carbons (Fsp3) is 0.685. The van der Waals surface area contributed by atoms with E-state index >= 15 is 0 Å². The fourth-order valence-corrected chi connectivity index (χ4v) is 9.07. The second-order valence-corrected chi connectivity index (χ2v) is 21.6. The molecule has 0 aromatic rings. The first-order valence-corrected chi connectivity index (χ1v) is 33.0. The Labute approximate surface area is 488 Å². The minimum Gasteiger partial charge on any atom is -0.462 e. The van der Waals surface area contributed by atoms with Crippen LogP contribution in [0.1, 0.15) is 303 Å². The molecule has 0 heterocycles. The zero-order chi connectivity index (χ0) is 57.1. The van der Waals surface area contributed by atoms with Gasteiger partial charge in [0.15, 0.2) is 6.10 Å². The molecule has 0 aromatic carbocycles. The van der Waals surface area contributed by atoms with Gasteiger partial charge in [0.05, 0.1) is 0 Å². The Balaban J connectivity index is 4.33. The molecule has 0 aliphatic carbocycles. The zero-order valence-electron chi connectivity index (χ0n) is 51.6. The van der Waals surface area contributed by atoms with Crippen LogP contribution >= 0.6 is 0 Å². The second kappa shape index (κ2) is 66.3. The van der Waals surface area contributed by atoms with E-state index in [-0.39, 0.29) is 31.6 Å².